The minimum Gasteiger partial charge on any atom is -0.494 e. The van der Waals surface area contributed by atoms with Crippen LogP contribution in [-0.4, -0.2) is 55.0 Å². The van der Waals surface area contributed by atoms with E-state index < -0.39 is 24.2 Å². The lowest BCUT2D eigenvalue weighted by Crippen LogP contribution is -2.50. The van der Waals surface area contributed by atoms with Gasteiger partial charge in [-0.05, 0) is 29.8 Å². The molecule has 0 radical (unpaired) electrons. The molecule has 0 aromatic heterocycles. The van der Waals surface area contributed by atoms with E-state index in [0.717, 1.165) is 5.56 Å². The summed E-state index contributed by atoms with van der Waals surface area (Å²) in [6.07, 6.45) is -3.92. The lowest BCUT2D eigenvalue weighted by atomic mass is 9.91. The van der Waals surface area contributed by atoms with Gasteiger partial charge in [-0.15, -0.1) is 0 Å². The molecule has 9 heteroatoms. The number of halogens is 3. The molecular weight excluding hydrogens is 413 g/mol. The van der Waals surface area contributed by atoms with Crippen molar-refractivity contribution in [1.29, 1.82) is 0 Å². The summed E-state index contributed by atoms with van der Waals surface area (Å²) in [7, 11) is 0. The molecule has 0 aliphatic carbocycles. The molecule has 0 unspecified atom stereocenters. The van der Waals surface area contributed by atoms with Gasteiger partial charge in [-0.25, -0.2) is 4.99 Å². The van der Waals surface area contributed by atoms with Crippen LogP contribution in [-0.2, 0) is 16.0 Å². The van der Waals surface area contributed by atoms with Crippen LogP contribution in [0.1, 0.15) is 17.5 Å². The first-order chi connectivity index (χ1) is 14.8. The van der Waals surface area contributed by atoms with Crippen LogP contribution in [0.4, 0.5) is 13.2 Å². The van der Waals surface area contributed by atoms with Crippen LogP contribution in [0.2, 0.25) is 0 Å². The predicted molar refractivity (Wildman–Crippen MR) is 108 cm³/mol. The van der Waals surface area contributed by atoms with Gasteiger partial charge >= 0.3 is 6.18 Å². The fourth-order valence-corrected chi connectivity index (χ4v) is 3.11. The smallest absolute Gasteiger partial charge is 0.405 e. The average molecular weight is 436 g/mol. The summed E-state index contributed by atoms with van der Waals surface area (Å²) >= 11 is 0. The molecule has 3 rings (SSSR count). The molecule has 0 fully saturated rings. The first kappa shape index (κ1) is 22.6. The first-order valence-electron chi connectivity index (χ1n) is 9.77. The maximum atomic E-state index is 12.8. The minimum absolute atomic E-state index is 0.0304. The summed E-state index contributed by atoms with van der Waals surface area (Å²) < 4.78 is 49.0. The molecule has 1 atom stereocenters. The molecule has 6 nitrogen and oxygen atoms in total. The van der Waals surface area contributed by atoms with E-state index in [4.69, 9.17) is 14.6 Å². The quantitative estimate of drug-likeness (QED) is 0.593. The molecular formula is C22H23F3N2O4. The van der Waals surface area contributed by atoms with Crippen LogP contribution >= 0.6 is 0 Å². The Hall–Kier alpha value is -3.07. The van der Waals surface area contributed by atoms with Crippen molar-refractivity contribution in [2.45, 2.75) is 24.6 Å². The summed E-state index contributed by atoms with van der Waals surface area (Å²) in [5.74, 6) is -0.0677. The highest BCUT2D eigenvalue weighted by molar-refractivity contribution is 6.00. The van der Waals surface area contributed by atoms with Gasteiger partial charge in [0, 0.05) is 25.0 Å². The number of nitrogens with zero attached hydrogens (tertiary/aromatic N) is 1. The van der Waals surface area contributed by atoms with E-state index in [1.165, 1.54) is 0 Å². The van der Waals surface area contributed by atoms with E-state index in [1.54, 1.807) is 48.5 Å². The maximum absolute atomic E-state index is 12.8. The molecule has 1 heterocycles. The highest BCUT2D eigenvalue weighted by atomic mass is 19.4. The SMILES string of the molecule is O=C(NCC(F)(F)F)[C@@]1(Cc2ccccc2)COC(c2ccc(OCCCO)cc2)=N1. The molecule has 0 saturated heterocycles. The summed E-state index contributed by atoms with van der Waals surface area (Å²) in [5.41, 5.74) is -0.169. The molecule has 0 spiro atoms. The van der Waals surface area contributed by atoms with Gasteiger partial charge in [0.25, 0.3) is 5.91 Å². The van der Waals surface area contributed by atoms with Crippen molar-refractivity contribution in [2.75, 3.05) is 26.4 Å². The summed E-state index contributed by atoms with van der Waals surface area (Å²) in [4.78, 5) is 17.2. The molecule has 0 bridgehead atoms. The molecule has 166 valence electrons. The molecule has 2 aromatic carbocycles. The summed E-state index contributed by atoms with van der Waals surface area (Å²) in [6.45, 7) is -1.21. The van der Waals surface area contributed by atoms with Crippen molar-refractivity contribution in [3.05, 3.63) is 65.7 Å². The number of hydrogen-bond donors (Lipinski definition) is 2. The number of alkyl halides is 3. The fraction of sp³-hybridized carbons (Fsp3) is 0.364. The van der Waals surface area contributed by atoms with Crippen molar-refractivity contribution in [3.8, 4) is 5.75 Å². The number of aliphatic hydroxyl groups excluding tert-OH is 1. The van der Waals surface area contributed by atoms with E-state index in [-0.39, 0.29) is 25.5 Å². The summed E-state index contributed by atoms with van der Waals surface area (Å²) in [6, 6.07) is 15.7. The van der Waals surface area contributed by atoms with Gasteiger partial charge in [-0.2, -0.15) is 13.2 Å². The number of amides is 1. The summed E-state index contributed by atoms with van der Waals surface area (Å²) in [5, 5.41) is 10.8. The van der Waals surface area contributed by atoms with E-state index in [1.807, 2.05) is 11.4 Å². The number of hydrogen-bond acceptors (Lipinski definition) is 5. The van der Waals surface area contributed by atoms with Crippen molar-refractivity contribution in [3.63, 3.8) is 0 Å². The van der Waals surface area contributed by atoms with Crippen LogP contribution in [0.25, 0.3) is 0 Å². The maximum Gasteiger partial charge on any atom is 0.405 e. The van der Waals surface area contributed by atoms with Crippen molar-refractivity contribution in [1.82, 2.24) is 5.32 Å². The number of carbonyl (C=O) groups excluding carboxylic acids is 1. The zero-order chi connectivity index (χ0) is 22.3. The number of carbonyl (C=O) groups is 1. The molecule has 1 aliphatic rings. The standard InChI is InChI=1S/C22H23F3N2O4/c23-22(24,25)14-26-20(29)21(13-16-5-2-1-3-6-16)15-31-19(27-21)17-7-9-18(10-8-17)30-12-4-11-28/h1-3,5-10,28H,4,11-15H2,(H,26,29)/t21-/m1/s1. The highest BCUT2D eigenvalue weighted by Gasteiger charge is 2.45. The van der Waals surface area contributed by atoms with Gasteiger partial charge in [0.2, 0.25) is 5.90 Å². The van der Waals surface area contributed by atoms with Crippen LogP contribution in [0.3, 0.4) is 0 Å². The molecule has 1 aliphatic heterocycles. The topological polar surface area (TPSA) is 80.2 Å². The van der Waals surface area contributed by atoms with Gasteiger partial charge in [0.05, 0.1) is 6.61 Å². The number of rotatable bonds is 9. The Balaban J connectivity index is 1.81. The zero-order valence-electron chi connectivity index (χ0n) is 16.7. The third-order valence-corrected chi connectivity index (χ3v) is 4.65. The lowest BCUT2D eigenvalue weighted by Gasteiger charge is -2.23. The van der Waals surface area contributed by atoms with E-state index in [0.29, 0.717) is 24.3 Å². The highest BCUT2D eigenvalue weighted by Crippen LogP contribution is 2.28. The number of benzene rings is 2. The van der Waals surface area contributed by atoms with Crippen LogP contribution in [0.15, 0.2) is 59.6 Å². The molecule has 31 heavy (non-hydrogen) atoms. The van der Waals surface area contributed by atoms with E-state index >= 15 is 0 Å². The van der Waals surface area contributed by atoms with Crippen LogP contribution in [0, 0.1) is 0 Å². The minimum atomic E-state index is -4.53. The van der Waals surface area contributed by atoms with E-state index in [2.05, 4.69) is 4.99 Å². The molecule has 0 saturated carbocycles. The van der Waals surface area contributed by atoms with E-state index in [9.17, 15) is 18.0 Å². The molecule has 2 aromatic rings. The average Bonchev–Trinajstić information content (AvgIpc) is 3.18. The Bertz CT molecular complexity index is 901. The Morgan fingerprint density at radius 3 is 2.52 bits per heavy atom. The molecule has 1 amide bonds. The third-order valence-electron chi connectivity index (χ3n) is 4.65. The van der Waals surface area contributed by atoms with Gasteiger partial charge in [-0.3, -0.25) is 4.79 Å². The number of aliphatic hydroxyl groups is 1. The second-order valence-electron chi connectivity index (χ2n) is 7.15. The van der Waals surface area contributed by atoms with Gasteiger partial charge in [-0.1, -0.05) is 30.3 Å². The second-order valence-corrected chi connectivity index (χ2v) is 7.15. The van der Waals surface area contributed by atoms with Crippen molar-refractivity contribution in [2.24, 2.45) is 4.99 Å². The Morgan fingerprint density at radius 2 is 1.87 bits per heavy atom. The fourth-order valence-electron chi connectivity index (χ4n) is 3.11. The van der Waals surface area contributed by atoms with Gasteiger partial charge < -0.3 is 19.9 Å². The largest absolute Gasteiger partial charge is 0.494 e. The van der Waals surface area contributed by atoms with Crippen molar-refractivity contribution < 1.29 is 32.5 Å². The Kier molecular flexibility index (Phi) is 7.17. The van der Waals surface area contributed by atoms with Gasteiger partial charge in [0.1, 0.15) is 18.9 Å². The number of nitrogens with one attached hydrogen (secondary N) is 1. The van der Waals surface area contributed by atoms with Gasteiger partial charge in [0.15, 0.2) is 5.54 Å². The first-order valence-corrected chi connectivity index (χ1v) is 9.77. The number of ether oxygens (including phenoxy) is 2. The lowest BCUT2D eigenvalue weighted by molar-refractivity contribution is -0.141. The third kappa shape index (κ3) is 6.21. The monoisotopic (exact) mass is 436 g/mol. The Morgan fingerprint density at radius 1 is 1.16 bits per heavy atom. The Labute approximate surface area is 177 Å². The normalized spacial score (nSPS) is 18.3. The van der Waals surface area contributed by atoms with Crippen LogP contribution in [0.5, 0.6) is 5.75 Å². The zero-order valence-corrected chi connectivity index (χ0v) is 16.7. The predicted octanol–water partition coefficient (Wildman–Crippen LogP) is 2.88. The second kappa shape index (κ2) is 9.82. The number of aliphatic imine (C=N–C) groups is 1. The molecule has 2 N–H and O–H groups in total. The van der Waals surface area contributed by atoms with Crippen molar-refractivity contribution >= 4 is 11.8 Å². The van der Waals surface area contributed by atoms with Crippen LogP contribution < -0.4 is 10.1 Å².